The fraction of sp³-hybridized carbons (Fsp3) is 0.308. The van der Waals surface area contributed by atoms with E-state index in [2.05, 4.69) is 29.3 Å². The molecule has 1 heterocycles. The van der Waals surface area contributed by atoms with E-state index in [1.165, 1.54) is 18.4 Å². The summed E-state index contributed by atoms with van der Waals surface area (Å²) >= 11 is 0. The second-order valence-corrected chi connectivity index (χ2v) is 3.49. The lowest BCUT2D eigenvalue weighted by molar-refractivity contribution is 0.749. The standard InChI is InChI=1S/C13H14N/c1-2-6-12(7-3-1)8-4-9-13-10-5-11-14-13/h1-3,6-8,13-14H,5,10-11H2. The van der Waals surface area contributed by atoms with E-state index in [4.69, 9.17) is 0 Å². The van der Waals surface area contributed by atoms with Gasteiger partial charge in [0.15, 0.2) is 0 Å². The normalized spacial score (nSPS) is 20.1. The van der Waals surface area contributed by atoms with Crippen LogP contribution in [0.15, 0.2) is 30.3 Å². The van der Waals surface area contributed by atoms with Crippen LogP contribution in [0.3, 0.4) is 0 Å². The maximum atomic E-state index is 3.35. The predicted octanol–water partition coefficient (Wildman–Crippen LogP) is 1.99. The molecule has 2 rings (SSSR count). The summed E-state index contributed by atoms with van der Waals surface area (Å²) < 4.78 is 0. The Bertz CT molecular complexity index is 325. The van der Waals surface area contributed by atoms with Crippen molar-refractivity contribution in [3.8, 4) is 11.8 Å². The van der Waals surface area contributed by atoms with Crippen molar-refractivity contribution in [2.45, 2.75) is 18.9 Å². The zero-order valence-electron chi connectivity index (χ0n) is 8.16. The summed E-state index contributed by atoms with van der Waals surface area (Å²) in [6.07, 6.45) is 4.42. The molecule has 71 valence electrons. The van der Waals surface area contributed by atoms with Crippen molar-refractivity contribution in [1.82, 2.24) is 5.32 Å². The van der Waals surface area contributed by atoms with Crippen molar-refractivity contribution in [2.75, 3.05) is 6.54 Å². The quantitative estimate of drug-likeness (QED) is 0.658. The average molecular weight is 184 g/mol. The minimum Gasteiger partial charge on any atom is -0.304 e. The van der Waals surface area contributed by atoms with E-state index in [1.807, 2.05) is 24.6 Å². The highest BCUT2D eigenvalue weighted by Gasteiger charge is 2.09. The summed E-state index contributed by atoms with van der Waals surface area (Å²) in [6, 6.07) is 10.6. The van der Waals surface area contributed by atoms with E-state index >= 15 is 0 Å². The fourth-order valence-electron chi connectivity index (χ4n) is 1.58. The molecule has 1 fully saturated rings. The molecule has 14 heavy (non-hydrogen) atoms. The minimum atomic E-state index is 0.412. The average Bonchev–Trinajstić information content (AvgIpc) is 2.72. The van der Waals surface area contributed by atoms with Crippen LogP contribution in [0.2, 0.25) is 0 Å². The molecular weight excluding hydrogens is 170 g/mol. The van der Waals surface area contributed by atoms with Crippen LogP contribution in [-0.2, 0) is 0 Å². The molecule has 1 saturated heterocycles. The van der Waals surface area contributed by atoms with Crippen molar-refractivity contribution in [3.05, 3.63) is 42.3 Å². The van der Waals surface area contributed by atoms with Gasteiger partial charge in [-0.2, -0.15) is 0 Å². The molecule has 1 atom stereocenters. The van der Waals surface area contributed by atoms with Crippen LogP contribution in [0.5, 0.6) is 0 Å². The van der Waals surface area contributed by atoms with Crippen molar-refractivity contribution < 1.29 is 0 Å². The van der Waals surface area contributed by atoms with Gasteiger partial charge in [-0.15, -0.1) is 0 Å². The molecule has 1 unspecified atom stereocenters. The highest BCUT2D eigenvalue weighted by molar-refractivity contribution is 5.33. The molecule has 0 aliphatic carbocycles. The van der Waals surface area contributed by atoms with Gasteiger partial charge in [-0.1, -0.05) is 42.2 Å². The summed E-state index contributed by atoms with van der Waals surface area (Å²) in [5.41, 5.74) is 1.18. The Morgan fingerprint density at radius 3 is 2.86 bits per heavy atom. The number of benzene rings is 1. The second kappa shape index (κ2) is 4.83. The lowest BCUT2D eigenvalue weighted by Crippen LogP contribution is -2.18. The Hall–Kier alpha value is -1.26. The highest BCUT2D eigenvalue weighted by Crippen LogP contribution is 2.04. The Morgan fingerprint density at radius 2 is 2.14 bits per heavy atom. The van der Waals surface area contributed by atoms with Gasteiger partial charge in [0.1, 0.15) is 0 Å². The predicted molar refractivity (Wildman–Crippen MR) is 58.6 cm³/mol. The molecule has 1 aliphatic rings. The van der Waals surface area contributed by atoms with E-state index < -0.39 is 0 Å². The van der Waals surface area contributed by atoms with Crippen LogP contribution in [0.4, 0.5) is 0 Å². The van der Waals surface area contributed by atoms with Crippen LogP contribution in [0.25, 0.3) is 0 Å². The zero-order chi connectivity index (χ0) is 9.64. The third-order valence-electron chi connectivity index (χ3n) is 2.36. The SMILES string of the molecule is C(#CC1CCCN1)[CH]c1ccccc1. The molecule has 1 aliphatic heterocycles. The van der Waals surface area contributed by atoms with E-state index in [0.717, 1.165) is 6.54 Å². The molecule has 1 radical (unpaired) electrons. The first-order chi connectivity index (χ1) is 6.95. The molecular formula is C13H14N. The molecule has 1 heteroatoms. The van der Waals surface area contributed by atoms with Gasteiger partial charge in [0.05, 0.1) is 12.5 Å². The molecule has 1 nitrogen and oxygen atoms in total. The van der Waals surface area contributed by atoms with Gasteiger partial charge in [-0.25, -0.2) is 0 Å². The van der Waals surface area contributed by atoms with Crippen molar-refractivity contribution in [2.24, 2.45) is 0 Å². The zero-order valence-corrected chi connectivity index (χ0v) is 8.16. The summed E-state index contributed by atoms with van der Waals surface area (Å²) in [4.78, 5) is 0. The first kappa shape index (κ1) is 9.30. The van der Waals surface area contributed by atoms with Gasteiger partial charge < -0.3 is 5.32 Å². The molecule has 0 spiro atoms. The van der Waals surface area contributed by atoms with Gasteiger partial charge in [0.25, 0.3) is 0 Å². The number of nitrogens with one attached hydrogen (secondary N) is 1. The van der Waals surface area contributed by atoms with E-state index in [9.17, 15) is 0 Å². The summed E-state index contributed by atoms with van der Waals surface area (Å²) in [7, 11) is 0. The van der Waals surface area contributed by atoms with Crippen LogP contribution < -0.4 is 5.32 Å². The van der Waals surface area contributed by atoms with Gasteiger partial charge in [0.2, 0.25) is 0 Å². The van der Waals surface area contributed by atoms with Gasteiger partial charge in [-0.3, -0.25) is 0 Å². The summed E-state index contributed by atoms with van der Waals surface area (Å²) in [5, 5.41) is 3.35. The maximum Gasteiger partial charge on any atom is 0.0690 e. The smallest absolute Gasteiger partial charge is 0.0690 e. The Labute approximate surface area is 85.5 Å². The Balaban J connectivity index is 1.87. The van der Waals surface area contributed by atoms with Crippen molar-refractivity contribution >= 4 is 0 Å². The van der Waals surface area contributed by atoms with Gasteiger partial charge >= 0.3 is 0 Å². The lowest BCUT2D eigenvalue weighted by Gasteiger charge is -1.97. The van der Waals surface area contributed by atoms with Crippen molar-refractivity contribution in [3.63, 3.8) is 0 Å². The summed E-state index contributed by atoms with van der Waals surface area (Å²) in [6.45, 7) is 1.12. The Morgan fingerprint density at radius 1 is 1.29 bits per heavy atom. The van der Waals surface area contributed by atoms with Gasteiger partial charge in [-0.05, 0) is 24.9 Å². The van der Waals surface area contributed by atoms with E-state index in [0.29, 0.717) is 6.04 Å². The molecule has 0 aromatic heterocycles. The second-order valence-electron chi connectivity index (χ2n) is 3.49. The molecule has 0 amide bonds. The molecule has 0 bridgehead atoms. The van der Waals surface area contributed by atoms with Gasteiger partial charge in [0, 0.05) is 0 Å². The van der Waals surface area contributed by atoms with Crippen molar-refractivity contribution in [1.29, 1.82) is 0 Å². The maximum absolute atomic E-state index is 3.35. The minimum absolute atomic E-state index is 0.412. The first-order valence-electron chi connectivity index (χ1n) is 5.08. The van der Waals surface area contributed by atoms with E-state index in [-0.39, 0.29) is 0 Å². The molecule has 1 N–H and O–H groups in total. The monoisotopic (exact) mass is 184 g/mol. The fourth-order valence-corrected chi connectivity index (χ4v) is 1.58. The highest BCUT2D eigenvalue weighted by atomic mass is 14.9. The number of rotatable bonds is 1. The van der Waals surface area contributed by atoms with Crippen LogP contribution in [0, 0.1) is 18.3 Å². The lowest BCUT2D eigenvalue weighted by atomic mass is 10.1. The van der Waals surface area contributed by atoms with E-state index in [1.54, 1.807) is 0 Å². The molecule has 1 aromatic rings. The summed E-state index contributed by atoms with van der Waals surface area (Å²) in [5.74, 6) is 6.32. The number of hydrogen-bond acceptors (Lipinski definition) is 1. The van der Waals surface area contributed by atoms with Crippen LogP contribution in [0.1, 0.15) is 18.4 Å². The van der Waals surface area contributed by atoms with Crippen LogP contribution >= 0.6 is 0 Å². The third-order valence-corrected chi connectivity index (χ3v) is 2.36. The topological polar surface area (TPSA) is 12.0 Å². The first-order valence-corrected chi connectivity index (χ1v) is 5.08. The van der Waals surface area contributed by atoms with Crippen LogP contribution in [-0.4, -0.2) is 12.6 Å². The number of hydrogen-bond donors (Lipinski definition) is 1. The molecule has 0 saturated carbocycles. The Kier molecular flexibility index (Phi) is 3.21. The molecule has 1 aromatic carbocycles. The third kappa shape index (κ3) is 2.61. The largest absolute Gasteiger partial charge is 0.304 e.